The summed E-state index contributed by atoms with van der Waals surface area (Å²) in [6.45, 7) is 5.46. The number of para-hydroxylation sites is 1. The molecular formula is C35H33F2N9O3. The van der Waals surface area contributed by atoms with Crippen molar-refractivity contribution in [3.05, 3.63) is 84.7 Å². The molecule has 1 unspecified atom stereocenters. The lowest BCUT2D eigenvalue weighted by Gasteiger charge is -2.31. The van der Waals surface area contributed by atoms with Gasteiger partial charge in [0.1, 0.15) is 40.9 Å². The van der Waals surface area contributed by atoms with E-state index in [4.69, 9.17) is 19.4 Å². The van der Waals surface area contributed by atoms with Crippen LogP contribution in [-0.4, -0.2) is 89.7 Å². The minimum atomic E-state index is -0.733. The van der Waals surface area contributed by atoms with Gasteiger partial charge < -0.3 is 23.8 Å². The molecule has 1 fully saturated rings. The number of halogens is 2. The first-order valence-corrected chi connectivity index (χ1v) is 16.2. The third-order valence-corrected chi connectivity index (χ3v) is 9.21. The molecule has 3 atom stereocenters. The van der Waals surface area contributed by atoms with Crippen molar-refractivity contribution < 1.29 is 23.0 Å². The molecule has 2 aromatic carbocycles. The van der Waals surface area contributed by atoms with Crippen LogP contribution in [-0.2, 0) is 16.1 Å². The van der Waals surface area contributed by atoms with Crippen LogP contribution in [0.5, 0.6) is 6.01 Å². The molecule has 8 rings (SSSR count). The van der Waals surface area contributed by atoms with Crippen LogP contribution in [0.4, 0.5) is 14.6 Å². The zero-order chi connectivity index (χ0) is 33.8. The smallest absolute Gasteiger partial charge is 0.317 e. The highest BCUT2D eigenvalue weighted by molar-refractivity contribution is 5.92. The van der Waals surface area contributed by atoms with Crippen LogP contribution in [0.1, 0.15) is 19.2 Å². The Morgan fingerprint density at radius 1 is 1.00 bits per heavy atom. The van der Waals surface area contributed by atoms with Crippen molar-refractivity contribution >= 4 is 28.3 Å². The van der Waals surface area contributed by atoms with Gasteiger partial charge in [-0.3, -0.25) is 9.20 Å². The van der Waals surface area contributed by atoms with E-state index in [0.29, 0.717) is 49.7 Å². The lowest BCUT2D eigenvalue weighted by atomic mass is 10.1. The fourth-order valence-corrected chi connectivity index (χ4v) is 7.04. The number of carbonyl (C=O) groups excluding carboxylic acids is 1. The van der Waals surface area contributed by atoms with Gasteiger partial charge in [-0.1, -0.05) is 12.1 Å². The van der Waals surface area contributed by atoms with Crippen LogP contribution in [0, 0.1) is 18.6 Å². The van der Waals surface area contributed by atoms with E-state index in [1.807, 2.05) is 43.0 Å². The molecule has 4 aromatic heterocycles. The van der Waals surface area contributed by atoms with Crippen LogP contribution in [0.3, 0.4) is 0 Å². The Bertz CT molecular complexity index is 2220. The van der Waals surface area contributed by atoms with E-state index in [1.165, 1.54) is 12.1 Å². The molecule has 250 valence electrons. The fraction of sp³-hybridized carbons (Fsp3) is 0.314. The molecule has 4 bridgehead atoms. The molecule has 0 spiro atoms. The first kappa shape index (κ1) is 30.8. The van der Waals surface area contributed by atoms with Gasteiger partial charge in [0.25, 0.3) is 0 Å². The van der Waals surface area contributed by atoms with Gasteiger partial charge >= 0.3 is 6.01 Å². The summed E-state index contributed by atoms with van der Waals surface area (Å²) in [7, 11) is 1.78. The lowest BCUT2D eigenvalue weighted by molar-refractivity contribution is -0.133. The van der Waals surface area contributed by atoms with Gasteiger partial charge in [0.05, 0.1) is 47.7 Å². The molecule has 6 aromatic rings. The maximum atomic E-state index is 14.8. The Hall–Kier alpha value is -5.50. The second kappa shape index (κ2) is 12.2. The van der Waals surface area contributed by atoms with Gasteiger partial charge in [0, 0.05) is 56.8 Å². The molecule has 6 heterocycles. The molecule has 1 amide bonds. The number of hydrogen-bond donors (Lipinski definition) is 0. The van der Waals surface area contributed by atoms with Gasteiger partial charge in [-0.2, -0.15) is 4.98 Å². The highest BCUT2D eigenvalue weighted by atomic mass is 19.1. The highest BCUT2D eigenvalue weighted by Crippen LogP contribution is 2.34. The van der Waals surface area contributed by atoms with Crippen LogP contribution in [0.15, 0.2) is 67.3 Å². The Labute approximate surface area is 280 Å². The number of likely N-dealkylation sites (N-methyl/N-ethyl adjacent to an activating group) is 1. The average molecular weight is 666 g/mol. The maximum Gasteiger partial charge on any atom is 0.317 e. The number of aromatic nitrogens is 7. The number of benzene rings is 2. The topological polar surface area (TPSA) is 116 Å². The zero-order valence-corrected chi connectivity index (χ0v) is 27.1. The van der Waals surface area contributed by atoms with Gasteiger partial charge in [0.15, 0.2) is 5.82 Å². The second-order valence-corrected chi connectivity index (χ2v) is 12.3. The lowest BCUT2D eigenvalue weighted by Crippen LogP contribution is -2.47. The van der Waals surface area contributed by atoms with Crippen LogP contribution < -0.4 is 9.64 Å². The molecule has 0 N–H and O–H groups in total. The Kier molecular flexibility index (Phi) is 7.66. The predicted molar refractivity (Wildman–Crippen MR) is 177 cm³/mol. The van der Waals surface area contributed by atoms with Crippen molar-refractivity contribution in [2.75, 3.05) is 31.6 Å². The Morgan fingerprint density at radius 2 is 1.88 bits per heavy atom. The summed E-state index contributed by atoms with van der Waals surface area (Å²) in [4.78, 5) is 41.2. The molecule has 2 aliphatic rings. The van der Waals surface area contributed by atoms with Crippen LogP contribution in [0.25, 0.3) is 39.2 Å². The Morgan fingerprint density at radius 3 is 2.71 bits per heavy atom. The van der Waals surface area contributed by atoms with E-state index in [2.05, 4.69) is 19.5 Å². The maximum absolute atomic E-state index is 14.8. The van der Waals surface area contributed by atoms with Crippen molar-refractivity contribution in [3.63, 3.8) is 0 Å². The third-order valence-electron chi connectivity index (χ3n) is 9.21. The Balaban J connectivity index is 1.22. The summed E-state index contributed by atoms with van der Waals surface area (Å²) in [5.41, 5.74) is 4.02. The van der Waals surface area contributed by atoms with Crippen LogP contribution >= 0.6 is 0 Å². The summed E-state index contributed by atoms with van der Waals surface area (Å²) in [5.74, 6) is 0.0320. The summed E-state index contributed by atoms with van der Waals surface area (Å²) < 4.78 is 45.0. The summed E-state index contributed by atoms with van der Waals surface area (Å²) in [6.07, 6.45) is 6.02. The normalized spacial score (nSPS) is 19.7. The minimum Gasteiger partial charge on any atom is -0.458 e. The highest BCUT2D eigenvalue weighted by Gasteiger charge is 2.42. The molecule has 12 nitrogen and oxygen atoms in total. The number of carbonyl (C=O) groups is 1. The first-order chi connectivity index (χ1) is 23.8. The average Bonchev–Trinajstić information content (AvgIpc) is 3.79. The number of rotatable bonds is 4. The molecule has 0 saturated carbocycles. The number of amides is 1. The molecule has 1 saturated heterocycles. The van der Waals surface area contributed by atoms with Crippen molar-refractivity contribution in [2.24, 2.45) is 0 Å². The van der Waals surface area contributed by atoms with Gasteiger partial charge in [-0.15, -0.1) is 0 Å². The number of imidazole rings is 2. The predicted octanol–water partition coefficient (Wildman–Crippen LogP) is 4.69. The van der Waals surface area contributed by atoms with E-state index < -0.39 is 23.8 Å². The molecule has 2 aliphatic heterocycles. The number of fused-ring (bicyclic) bond motifs is 6. The largest absolute Gasteiger partial charge is 0.458 e. The standard InChI is InChI=1S/C35H33F2N9O3/c1-4-48-23-17-43(3)34(47)29-15-22(49-35-39-11-10-27(42-35)25-6-5-7-28-31(25)45(19-23)20(2)41-28)18-46(29)33-30-16-40-32(44(30)13-12-38-33)24-9-8-21(36)14-26(24)37/h5-14,16,22-23,29H,4,15,17-19H2,1-3H3/t22-,23?,29-/m0/s1. The van der Waals surface area contributed by atoms with E-state index >= 15 is 0 Å². The minimum absolute atomic E-state index is 0.138. The molecule has 49 heavy (non-hydrogen) atoms. The zero-order valence-electron chi connectivity index (χ0n) is 27.1. The summed E-state index contributed by atoms with van der Waals surface area (Å²) in [5, 5.41) is 0. The van der Waals surface area contributed by atoms with E-state index in [1.54, 1.807) is 41.1 Å². The fourth-order valence-electron chi connectivity index (χ4n) is 7.04. The summed E-state index contributed by atoms with van der Waals surface area (Å²) in [6, 6.07) is 10.7. The van der Waals surface area contributed by atoms with Gasteiger partial charge in [-0.05, 0) is 38.1 Å². The van der Waals surface area contributed by atoms with Crippen molar-refractivity contribution in [3.8, 4) is 28.7 Å². The number of ether oxygens (including phenoxy) is 2. The number of nitrogens with zero attached hydrogens (tertiary/aromatic N) is 9. The summed E-state index contributed by atoms with van der Waals surface area (Å²) >= 11 is 0. The van der Waals surface area contributed by atoms with Crippen molar-refractivity contribution in [1.82, 2.24) is 38.8 Å². The van der Waals surface area contributed by atoms with E-state index in [9.17, 15) is 13.6 Å². The SMILES string of the molecule is CCOC1CN(C)C(=O)[C@@H]2C[C@@H](CN2c2nccn3c(-c4ccc(F)cc4F)ncc23)Oc2nccc(n2)-c2cccc3nc(C)n(c23)C1. The second-order valence-electron chi connectivity index (χ2n) is 12.3. The quantitative estimate of drug-likeness (QED) is 0.265. The molecule has 0 aliphatic carbocycles. The number of aryl methyl sites for hydroxylation is 1. The van der Waals surface area contributed by atoms with Gasteiger partial charge in [0.2, 0.25) is 5.91 Å². The van der Waals surface area contributed by atoms with Crippen LogP contribution in [0.2, 0.25) is 0 Å². The van der Waals surface area contributed by atoms with E-state index in [-0.39, 0.29) is 29.4 Å². The van der Waals surface area contributed by atoms with Gasteiger partial charge in [-0.25, -0.2) is 28.7 Å². The molecule has 14 heteroatoms. The first-order valence-electron chi connectivity index (χ1n) is 16.2. The van der Waals surface area contributed by atoms with E-state index in [0.717, 1.165) is 28.5 Å². The number of anilines is 1. The third kappa shape index (κ3) is 5.41. The van der Waals surface area contributed by atoms with Crippen molar-refractivity contribution in [1.29, 1.82) is 0 Å². The molecular weight excluding hydrogens is 632 g/mol. The monoisotopic (exact) mass is 665 g/mol. The molecule has 0 radical (unpaired) electrons. The van der Waals surface area contributed by atoms with Crippen molar-refractivity contribution in [2.45, 2.75) is 45.1 Å². The number of hydrogen-bond acceptors (Lipinski definition) is 9.